The lowest BCUT2D eigenvalue weighted by molar-refractivity contribution is -0.116. The minimum atomic E-state index is -0.371. The van der Waals surface area contributed by atoms with Gasteiger partial charge in [-0.1, -0.05) is 37.5 Å². The molecule has 0 aliphatic rings. The van der Waals surface area contributed by atoms with E-state index in [4.69, 9.17) is 16.1 Å². The summed E-state index contributed by atoms with van der Waals surface area (Å²) in [6, 6.07) is 4.53. The highest BCUT2D eigenvalue weighted by molar-refractivity contribution is 7.16. The zero-order valence-electron chi connectivity index (χ0n) is 21.5. The maximum Gasteiger partial charge on any atom is 0.251 e. The first-order chi connectivity index (χ1) is 17.0. The van der Waals surface area contributed by atoms with Crippen LogP contribution < -0.4 is 16.0 Å². The van der Waals surface area contributed by atoms with Crippen molar-refractivity contribution in [1.29, 1.82) is 0 Å². The highest BCUT2D eigenvalue weighted by Gasteiger charge is 2.23. The molecular weight excluding hydrogens is 500 g/mol. The third kappa shape index (κ3) is 7.59. The highest BCUT2D eigenvalue weighted by Crippen LogP contribution is 2.33. The number of carbonyl (C=O) groups is 2. The van der Waals surface area contributed by atoms with Crippen molar-refractivity contribution in [2.75, 3.05) is 18.9 Å². The number of thiazole rings is 1. The minimum absolute atomic E-state index is 0.0512. The maximum absolute atomic E-state index is 13.1. The summed E-state index contributed by atoms with van der Waals surface area (Å²) in [6.07, 6.45) is 1.54. The molecule has 0 aliphatic heterocycles. The van der Waals surface area contributed by atoms with Gasteiger partial charge in [-0.3, -0.25) is 9.59 Å². The Bertz CT molecular complexity index is 1220. The van der Waals surface area contributed by atoms with E-state index in [2.05, 4.69) is 51.8 Å². The van der Waals surface area contributed by atoms with E-state index in [1.165, 1.54) is 11.3 Å². The molecule has 2 heterocycles. The van der Waals surface area contributed by atoms with E-state index in [0.717, 1.165) is 23.5 Å². The fraction of sp³-hybridized carbons (Fsp3) is 0.480. The monoisotopic (exact) mass is 532 g/mol. The molecule has 2 aromatic heterocycles. The predicted octanol–water partition coefficient (Wildman–Crippen LogP) is 4.89. The van der Waals surface area contributed by atoms with Gasteiger partial charge in [0.05, 0.1) is 5.69 Å². The molecular formula is C25H33ClN6O3S. The number of anilines is 1. The molecule has 0 spiro atoms. The van der Waals surface area contributed by atoms with E-state index >= 15 is 0 Å². The van der Waals surface area contributed by atoms with Crippen molar-refractivity contribution in [1.82, 2.24) is 25.8 Å². The van der Waals surface area contributed by atoms with E-state index in [9.17, 15) is 9.59 Å². The number of aryl methyl sites for hydroxylation is 2. The third-order valence-electron chi connectivity index (χ3n) is 5.42. The number of hydrogen-bond acceptors (Lipinski definition) is 8. The third-order valence-corrected chi connectivity index (χ3v) is 7.13. The molecule has 11 heteroatoms. The fourth-order valence-corrected chi connectivity index (χ4v) is 5.10. The standard InChI is InChI=1S/C25H33ClN6O3S/c1-14-21(25(3,4)5)36-24(28-14)31-20(33)13-19(8-7-9-27-6)30-23(34)17-10-16(11-18(26)12-17)22-29-15(2)35-32-22/h10-12,19,27H,7-9,13H2,1-6H3,(H,30,34)(H,28,31,33)/t19-/m0/s1. The summed E-state index contributed by atoms with van der Waals surface area (Å²) in [5, 5.41) is 13.8. The molecule has 0 aliphatic carbocycles. The molecule has 9 nitrogen and oxygen atoms in total. The second-order valence-corrected chi connectivity index (χ2v) is 11.2. The van der Waals surface area contributed by atoms with Gasteiger partial charge in [0.25, 0.3) is 5.91 Å². The SMILES string of the molecule is CNCCC[C@@H](CC(=O)Nc1nc(C)c(C(C)(C)C)s1)NC(=O)c1cc(Cl)cc(-c2noc(C)n2)c1. The minimum Gasteiger partial charge on any atom is -0.349 e. The zero-order valence-corrected chi connectivity index (χ0v) is 23.1. The Kier molecular flexibility index (Phi) is 9.21. The fourth-order valence-electron chi connectivity index (χ4n) is 3.83. The molecule has 0 bridgehead atoms. The van der Waals surface area contributed by atoms with Gasteiger partial charge in [-0.2, -0.15) is 4.98 Å². The van der Waals surface area contributed by atoms with Crippen LogP contribution in [0.1, 0.15) is 66.9 Å². The second kappa shape index (κ2) is 11.9. The van der Waals surface area contributed by atoms with Crippen molar-refractivity contribution in [2.24, 2.45) is 0 Å². The average Bonchev–Trinajstić information content (AvgIpc) is 3.38. The number of rotatable bonds is 10. The Balaban J connectivity index is 1.72. The number of amides is 2. The van der Waals surface area contributed by atoms with Crippen molar-refractivity contribution >= 4 is 39.9 Å². The van der Waals surface area contributed by atoms with Crippen LogP contribution in [0.25, 0.3) is 11.4 Å². The predicted molar refractivity (Wildman–Crippen MR) is 143 cm³/mol. The summed E-state index contributed by atoms with van der Waals surface area (Å²) in [7, 11) is 1.87. The van der Waals surface area contributed by atoms with Crippen molar-refractivity contribution in [3.05, 3.63) is 45.2 Å². The molecule has 194 valence electrons. The van der Waals surface area contributed by atoms with Crippen LogP contribution in [0.2, 0.25) is 5.02 Å². The number of nitrogens with one attached hydrogen (secondary N) is 3. The molecule has 3 rings (SSSR count). The smallest absolute Gasteiger partial charge is 0.251 e. The van der Waals surface area contributed by atoms with Gasteiger partial charge in [-0.25, -0.2) is 4.98 Å². The van der Waals surface area contributed by atoms with Gasteiger partial charge >= 0.3 is 0 Å². The first kappa shape index (κ1) is 27.8. The Hall–Kier alpha value is -2.82. The summed E-state index contributed by atoms with van der Waals surface area (Å²) in [5.74, 6) is 0.230. The molecule has 1 atom stereocenters. The molecule has 0 saturated carbocycles. The van der Waals surface area contributed by atoms with Crippen LogP contribution in [0.15, 0.2) is 22.7 Å². The molecule has 1 aromatic carbocycles. The normalized spacial score (nSPS) is 12.4. The molecule has 0 fully saturated rings. The number of halogens is 1. The Morgan fingerprint density at radius 3 is 2.53 bits per heavy atom. The first-order valence-electron chi connectivity index (χ1n) is 11.8. The zero-order chi connectivity index (χ0) is 26.5. The molecule has 0 unspecified atom stereocenters. The van der Waals surface area contributed by atoms with Crippen LogP contribution in [0.5, 0.6) is 0 Å². The molecule has 0 radical (unpaired) electrons. The summed E-state index contributed by atoms with van der Waals surface area (Å²) < 4.78 is 5.04. The molecule has 2 amide bonds. The second-order valence-electron chi connectivity index (χ2n) is 9.72. The number of carbonyl (C=O) groups excluding carboxylic acids is 2. The maximum atomic E-state index is 13.1. The van der Waals surface area contributed by atoms with Crippen molar-refractivity contribution in [2.45, 2.75) is 65.3 Å². The van der Waals surface area contributed by atoms with Crippen molar-refractivity contribution in [3.8, 4) is 11.4 Å². The Labute approximate surface area is 220 Å². The highest BCUT2D eigenvalue weighted by atomic mass is 35.5. The van der Waals surface area contributed by atoms with Gasteiger partial charge in [-0.05, 0) is 57.0 Å². The van der Waals surface area contributed by atoms with Crippen LogP contribution in [-0.4, -0.2) is 46.6 Å². The first-order valence-corrected chi connectivity index (χ1v) is 13.0. The molecule has 0 saturated heterocycles. The Morgan fingerprint density at radius 2 is 1.92 bits per heavy atom. The lowest BCUT2D eigenvalue weighted by atomic mass is 9.94. The van der Waals surface area contributed by atoms with E-state index in [1.807, 2.05) is 14.0 Å². The number of benzene rings is 1. The van der Waals surface area contributed by atoms with Crippen LogP contribution in [-0.2, 0) is 10.2 Å². The summed E-state index contributed by atoms with van der Waals surface area (Å²) in [4.78, 5) is 35.9. The summed E-state index contributed by atoms with van der Waals surface area (Å²) in [6.45, 7) is 10.8. The topological polar surface area (TPSA) is 122 Å². The van der Waals surface area contributed by atoms with Crippen LogP contribution >= 0.6 is 22.9 Å². The van der Waals surface area contributed by atoms with E-state index in [-0.39, 0.29) is 29.7 Å². The van der Waals surface area contributed by atoms with Gasteiger partial charge in [0.2, 0.25) is 17.6 Å². The lowest BCUT2D eigenvalue weighted by Gasteiger charge is -2.19. The van der Waals surface area contributed by atoms with Gasteiger partial charge in [0.1, 0.15) is 0 Å². The summed E-state index contributed by atoms with van der Waals surface area (Å²) in [5.41, 5.74) is 1.78. The van der Waals surface area contributed by atoms with Crippen LogP contribution in [0.4, 0.5) is 5.13 Å². The van der Waals surface area contributed by atoms with E-state index in [1.54, 1.807) is 25.1 Å². The number of nitrogens with zero attached hydrogens (tertiary/aromatic N) is 3. The molecule has 36 heavy (non-hydrogen) atoms. The van der Waals surface area contributed by atoms with Gasteiger partial charge in [-0.15, -0.1) is 11.3 Å². The van der Waals surface area contributed by atoms with Crippen LogP contribution in [0.3, 0.4) is 0 Å². The number of aromatic nitrogens is 3. The van der Waals surface area contributed by atoms with Gasteiger partial charge in [0.15, 0.2) is 5.13 Å². The Morgan fingerprint density at radius 1 is 1.17 bits per heavy atom. The quantitative estimate of drug-likeness (QED) is 0.318. The van der Waals surface area contributed by atoms with E-state index < -0.39 is 0 Å². The largest absolute Gasteiger partial charge is 0.349 e. The molecule has 3 aromatic rings. The van der Waals surface area contributed by atoms with E-state index in [0.29, 0.717) is 39.4 Å². The van der Waals surface area contributed by atoms with Gasteiger partial charge < -0.3 is 20.5 Å². The van der Waals surface area contributed by atoms with Crippen molar-refractivity contribution < 1.29 is 14.1 Å². The van der Waals surface area contributed by atoms with Crippen LogP contribution in [0, 0.1) is 13.8 Å². The average molecular weight is 533 g/mol. The number of hydrogen-bond donors (Lipinski definition) is 3. The summed E-state index contributed by atoms with van der Waals surface area (Å²) >= 11 is 7.75. The molecule has 3 N–H and O–H groups in total. The van der Waals surface area contributed by atoms with Gasteiger partial charge in [0, 0.05) is 40.4 Å². The van der Waals surface area contributed by atoms with Crippen molar-refractivity contribution in [3.63, 3.8) is 0 Å². The lowest BCUT2D eigenvalue weighted by Crippen LogP contribution is -2.38.